The van der Waals surface area contributed by atoms with Crippen LogP contribution in [0.1, 0.15) is 32.3 Å². The Kier molecular flexibility index (Phi) is 5.52. The van der Waals surface area contributed by atoms with E-state index in [1.54, 1.807) is 14.2 Å². The van der Waals surface area contributed by atoms with Gasteiger partial charge in [0.25, 0.3) is 0 Å². The molecule has 1 heterocycles. The van der Waals surface area contributed by atoms with Gasteiger partial charge in [0.05, 0.1) is 19.8 Å². The molecule has 1 aromatic rings. The highest BCUT2D eigenvalue weighted by Gasteiger charge is 2.28. The second-order valence-corrected chi connectivity index (χ2v) is 6.83. The van der Waals surface area contributed by atoms with Gasteiger partial charge in [0.2, 0.25) is 0 Å². The van der Waals surface area contributed by atoms with Gasteiger partial charge in [-0.1, -0.05) is 15.9 Å². The Morgan fingerprint density at radius 3 is 2.57 bits per heavy atom. The lowest BCUT2D eigenvalue weighted by Crippen LogP contribution is -2.43. The van der Waals surface area contributed by atoms with Gasteiger partial charge < -0.3 is 19.5 Å². The van der Waals surface area contributed by atoms with Crippen molar-refractivity contribution in [2.45, 2.75) is 44.9 Å². The Morgan fingerprint density at radius 1 is 1.29 bits per heavy atom. The van der Waals surface area contributed by atoms with Gasteiger partial charge in [-0.2, -0.15) is 0 Å². The Bertz CT molecular complexity index is 491. The van der Waals surface area contributed by atoms with Crippen molar-refractivity contribution >= 4 is 15.9 Å². The number of benzene rings is 1. The van der Waals surface area contributed by atoms with Crippen LogP contribution in [0.2, 0.25) is 0 Å². The van der Waals surface area contributed by atoms with E-state index >= 15 is 0 Å². The molecule has 1 aromatic carbocycles. The van der Waals surface area contributed by atoms with E-state index in [1.807, 2.05) is 12.1 Å². The zero-order valence-electron chi connectivity index (χ0n) is 13.2. The van der Waals surface area contributed by atoms with Gasteiger partial charge in [0, 0.05) is 23.7 Å². The van der Waals surface area contributed by atoms with E-state index in [9.17, 15) is 0 Å². The lowest BCUT2D eigenvalue weighted by molar-refractivity contribution is -0.0630. The summed E-state index contributed by atoms with van der Waals surface area (Å²) in [5.74, 6) is 1.49. The monoisotopic (exact) mass is 357 g/mol. The maximum absolute atomic E-state index is 5.75. The second-order valence-electron chi connectivity index (χ2n) is 5.98. The summed E-state index contributed by atoms with van der Waals surface area (Å²) in [7, 11) is 3.30. The molecule has 21 heavy (non-hydrogen) atoms. The summed E-state index contributed by atoms with van der Waals surface area (Å²) in [6.45, 7) is 5.90. The molecular weight excluding hydrogens is 334 g/mol. The molecule has 0 aliphatic carbocycles. The van der Waals surface area contributed by atoms with Crippen molar-refractivity contribution < 1.29 is 14.2 Å². The van der Waals surface area contributed by atoms with Crippen molar-refractivity contribution in [1.29, 1.82) is 0 Å². The molecule has 0 saturated carbocycles. The summed E-state index contributed by atoms with van der Waals surface area (Å²) in [5, 5.41) is 3.62. The Morgan fingerprint density at radius 2 is 1.95 bits per heavy atom. The van der Waals surface area contributed by atoms with Gasteiger partial charge in [0.15, 0.2) is 11.5 Å². The van der Waals surface area contributed by atoms with Gasteiger partial charge in [0.1, 0.15) is 0 Å². The maximum Gasteiger partial charge on any atom is 0.161 e. The SMILES string of the molecule is COc1cc(Br)c(CNC2CCOC(C)(C)C2)cc1OC. The number of hydrogen-bond acceptors (Lipinski definition) is 4. The smallest absolute Gasteiger partial charge is 0.161 e. The van der Waals surface area contributed by atoms with Gasteiger partial charge in [-0.05, 0) is 44.4 Å². The molecule has 2 rings (SSSR count). The van der Waals surface area contributed by atoms with Gasteiger partial charge in [-0.3, -0.25) is 0 Å². The summed E-state index contributed by atoms with van der Waals surface area (Å²) >= 11 is 3.60. The highest BCUT2D eigenvalue weighted by Crippen LogP contribution is 2.33. The average molecular weight is 358 g/mol. The van der Waals surface area contributed by atoms with Gasteiger partial charge in [-0.15, -0.1) is 0 Å². The van der Waals surface area contributed by atoms with Crippen LogP contribution in [0.3, 0.4) is 0 Å². The van der Waals surface area contributed by atoms with E-state index in [2.05, 4.69) is 35.1 Å². The molecule has 5 heteroatoms. The number of nitrogens with one attached hydrogen (secondary N) is 1. The van der Waals surface area contributed by atoms with Crippen LogP contribution in [0.4, 0.5) is 0 Å². The van der Waals surface area contributed by atoms with Crippen molar-refractivity contribution in [3.8, 4) is 11.5 Å². The fourth-order valence-corrected chi connectivity index (χ4v) is 3.15. The van der Waals surface area contributed by atoms with Crippen molar-refractivity contribution in [3.05, 3.63) is 22.2 Å². The number of halogens is 1. The first-order chi connectivity index (χ1) is 9.95. The first-order valence-electron chi connectivity index (χ1n) is 7.23. The van der Waals surface area contributed by atoms with Crippen LogP contribution < -0.4 is 14.8 Å². The molecule has 1 N–H and O–H groups in total. The second kappa shape index (κ2) is 6.99. The first-order valence-corrected chi connectivity index (χ1v) is 8.02. The highest BCUT2D eigenvalue weighted by molar-refractivity contribution is 9.10. The molecule has 0 aromatic heterocycles. The third kappa shape index (κ3) is 4.34. The summed E-state index contributed by atoms with van der Waals surface area (Å²) in [5.41, 5.74) is 1.13. The largest absolute Gasteiger partial charge is 0.493 e. The van der Waals surface area contributed by atoms with Crippen LogP contribution in [-0.4, -0.2) is 32.5 Å². The van der Waals surface area contributed by atoms with E-state index in [1.165, 1.54) is 0 Å². The number of methoxy groups -OCH3 is 2. The molecule has 1 saturated heterocycles. The van der Waals surface area contributed by atoms with Gasteiger partial charge >= 0.3 is 0 Å². The molecule has 1 atom stereocenters. The molecule has 0 radical (unpaired) electrons. The average Bonchev–Trinajstić information content (AvgIpc) is 2.44. The summed E-state index contributed by atoms with van der Waals surface area (Å²) in [6.07, 6.45) is 2.08. The fourth-order valence-electron chi connectivity index (χ4n) is 2.69. The van der Waals surface area contributed by atoms with E-state index < -0.39 is 0 Å². The molecule has 4 nitrogen and oxygen atoms in total. The Labute approximate surface area is 135 Å². The normalized spacial score (nSPS) is 21.1. The quantitative estimate of drug-likeness (QED) is 0.875. The summed E-state index contributed by atoms with van der Waals surface area (Å²) in [6, 6.07) is 4.44. The standard InChI is InChI=1S/C16H24BrNO3/c1-16(2)9-12(5-6-21-16)18-10-11-7-14(19-3)15(20-4)8-13(11)17/h7-8,12,18H,5-6,9-10H2,1-4H3. The fraction of sp³-hybridized carbons (Fsp3) is 0.625. The van der Waals surface area contributed by atoms with Crippen molar-refractivity contribution in [2.24, 2.45) is 0 Å². The lowest BCUT2D eigenvalue weighted by Gasteiger charge is -2.36. The van der Waals surface area contributed by atoms with E-state index in [0.717, 1.165) is 47.5 Å². The van der Waals surface area contributed by atoms with Crippen LogP contribution in [-0.2, 0) is 11.3 Å². The first kappa shape index (κ1) is 16.6. The van der Waals surface area contributed by atoms with Crippen LogP contribution >= 0.6 is 15.9 Å². The minimum Gasteiger partial charge on any atom is -0.493 e. The molecule has 0 spiro atoms. The molecule has 1 unspecified atom stereocenters. The summed E-state index contributed by atoms with van der Waals surface area (Å²) in [4.78, 5) is 0. The van der Waals surface area contributed by atoms with Crippen LogP contribution in [0.5, 0.6) is 11.5 Å². The zero-order chi connectivity index (χ0) is 15.5. The van der Waals surface area contributed by atoms with Crippen molar-refractivity contribution in [2.75, 3.05) is 20.8 Å². The molecule has 1 fully saturated rings. The molecule has 1 aliphatic rings. The number of hydrogen-bond donors (Lipinski definition) is 1. The van der Waals surface area contributed by atoms with Crippen molar-refractivity contribution in [3.63, 3.8) is 0 Å². The molecule has 0 amide bonds. The van der Waals surface area contributed by atoms with E-state index in [4.69, 9.17) is 14.2 Å². The zero-order valence-corrected chi connectivity index (χ0v) is 14.7. The molecule has 0 bridgehead atoms. The third-order valence-corrected chi connectivity index (χ3v) is 4.57. The Balaban J connectivity index is 2.03. The minimum absolute atomic E-state index is 0.0370. The van der Waals surface area contributed by atoms with E-state index in [-0.39, 0.29) is 5.60 Å². The minimum atomic E-state index is -0.0370. The van der Waals surface area contributed by atoms with Crippen LogP contribution in [0.25, 0.3) is 0 Å². The molecule has 1 aliphatic heterocycles. The number of ether oxygens (including phenoxy) is 3. The maximum atomic E-state index is 5.75. The van der Waals surface area contributed by atoms with Crippen LogP contribution in [0, 0.1) is 0 Å². The highest BCUT2D eigenvalue weighted by atomic mass is 79.9. The van der Waals surface area contributed by atoms with Crippen LogP contribution in [0.15, 0.2) is 16.6 Å². The molecule has 118 valence electrons. The predicted molar refractivity (Wildman–Crippen MR) is 87.1 cm³/mol. The van der Waals surface area contributed by atoms with Gasteiger partial charge in [-0.25, -0.2) is 0 Å². The lowest BCUT2D eigenvalue weighted by atomic mass is 9.94. The number of rotatable bonds is 5. The van der Waals surface area contributed by atoms with E-state index in [0.29, 0.717) is 6.04 Å². The van der Waals surface area contributed by atoms with Crippen molar-refractivity contribution in [1.82, 2.24) is 5.32 Å². The predicted octanol–water partition coefficient (Wildman–Crippen LogP) is 3.51. The molecular formula is C16H24BrNO3. The summed E-state index contributed by atoms with van der Waals surface area (Å²) < 4.78 is 17.4. The Hall–Kier alpha value is -0.780. The third-order valence-electron chi connectivity index (χ3n) is 3.83. The topological polar surface area (TPSA) is 39.7 Å².